The van der Waals surface area contributed by atoms with Crippen LogP contribution in [0.5, 0.6) is 0 Å². The van der Waals surface area contributed by atoms with E-state index in [1.54, 1.807) is 33.8 Å². The fraction of sp³-hybridized carbons (Fsp3) is 0.462. The number of rotatable bonds is 4. The first kappa shape index (κ1) is 16.9. The van der Waals surface area contributed by atoms with E-state index in [1.165, 1.54) is 12.1 Å². The zero-order chi connectivity index (χ0) is 15.7. The minimum atomic E-state index is -4.00. The predicted molar refractivity (Wildman–Crippen MR) is 77.4 cm³/mol. The van der Waals surface area contributed by atoms with Gasteiger partial charge in [-0.15, -0.1) is 0 Å². The highest BCUT2D eigenvalue weighted by Gasteiger charge is 2.35. The number of nitrogens with one attached hydrogen (secondary N) is 1. The minimum Gasteiger partial charge on any atom is -0.480 e. The zero-order valence-corrected chi connectivity index (χ0v) is 13.3. The third kappa shape index (κ3) is 3.94. The van der Waals surface area contributed by atoms with Gasteiger partial charge in [-0.1, -0.05) is 38.4 Å². The van der Waals surface area contributed by atoms with Crippen LogP contribution in [0.15, 0.2) is 23.1 Å². The Morgan fingerprint density at radius 1 is 1.35 bits per heavy atom. The van der Waals surface area contributed by atoms with Gasteiger partial charge in [-0.05, 0) is 30.0 Å². The molecule has 1 atom stereocenters. The van der Waals surface area contributed by atoms with Crippen LogP contribution >= 0.6 is 11.6 Å². The summed E-state index contributed by atoms with van der Waals surface area (Å²) in [5, 5.41) is 9.24. The smallest absolute Gasteiger partial charge is 0.322 e. The van der Waals surface area contributed by atoms with Crippen molar-refractivity contribution in [1.29, 1.82) is 0 Å². The van der Waals surface area contributed by atoms with Crippen LogP contribution in [0.4, 0.5) is 0 Å². The molecule has 0 aliphatic rings. The number of carboxylic acids is 1. The maximum absolute atomic E-state index is 12.3. The molecule has 0 radical (unpaired) electrons. The highest BCUT2D eigenvalue weighted by Crippen LogP contribution is 2.25. The second-order valence-electron chi connectivity index (χ2n) is 5.69. The number of hydrogen-bond donors (Lipinski definition) is 2. The average Bonchev–Trinajstić information content (AvgIpc) is 2.23. The van der Waals surface area contributed by atoms with Gasteiger partial charge in [0.25, 0.3) is 0 Å². The highest BCUT2D eigenvalue weighted by molar-refractivity contribution is 7.89. The summed E-state index contributed by atoms with van der Waals surface area (Å²) in [7, 11) is -4.00. The van der Waals surface area contributed by atoms with Gasteiger partial charge in [-0.25, -0.2) is 8.42 Å². The van der Waals surface area contributed by atoms with Crippen molar-refractivity contribution in [2.45, 2.75) is 38.6 Å². The summed E-state index contributed by atoms with van der Waals surface area (Å²) in [6.45, 7) is 6.71. The molecule has 112 valence electrons. The molecule has 1 rings (SSSR count). The van der Waals surface area contributed by atoms with Gasteiger partial charge in [-0.3, -0.25) is 4.79 Å². The van der Waals surface area contributed by atoms with Gasteiger partial charge in [0.1, 0.15) is 10.9 Å². The number of aryl methyl sites for hydroxylation is 1. The number of halogens is 1. The Labute approximate surface area is 124 Å². The number of hydrogen-bond acceptors (Lipinski definition) is 3. The third-order valence-corrected chi connectivity index (χ3v) is 4.67. The molecule has 0 heterocycles. The summed E-state index contributed by atoms with van der Waals surface area (Å²) in [5.41, 5.74) is 0.0513. The average molecular weight is 320 g/mol. The van der Waals surface area contributed by atoms with Gasteiger partial charge in [-0.2, -0.15) is 4.72 Å². The Morgan fingerprint density at radius 3 is 2.30 bits per heavy atom. The van der Waals surface area contributed by atoms with E-state index in [2.05, 4.69) is 4.72 Å². The molecule has 0 aliphatic carbocycles. The standard InChI is InChI=1S/C13H18ClNO4S/c1-8-5-6-10(9(14)7-8)20(18,19)15-11(12(16)17)13(2,3)4/h5-7,11,15H,1-4H3,(H,16,17)/t11-/m0/s1. The van der Waals surface area contributed by atoms with Crippen LogP contribution < -0.4 is 4.72 Å². The summed E-state index contributed by atoms with van der Waals surface area (Å²) >= 11 is 5.92. The summed E-state index contributed by atoms with van der Waals surface area (Å²) in [6, 6.07) is 3.24. The second kappa shape index (κ2) is 5.71. The van der Waals surface area contributed by atoms with Crippen molar-refractivity contribution in [3.05, 3.63) is 28.8 Å². The lowest BCUT2D eigenvalue weighted by Crippen LogP contribution is -2.49. The molecule has 1 aromatic rings. The van der Waals surface area contributed by atoms with Crippen molar-refractivity contribution in [3.8, 4) is 0 Å². The molecule has 5 nitrogen and oxygen atoms in total. The maximum atomic E-state index is 12.3. The normalized spacial score (nSPS) is 14.1. The van der Waals surface area contributed by atoms with Crippen molar-refractivity contribution in [2.24, 2.45) is 5.41 Å². The molecule has 2 N–H and O–H groups in total. The van der Waals surface area contributed by atoms with Crippen LogP contribution in [-0.4, -0.2) is 25.5 Å². The molecular weight excluding hydrogens is 302 g/mol. The van der Waals surface area contributed by atoms with Crippen LogP contribution in [-0.2, 0) is 14.8 Å². The fourth-order valence-corrected chi connectivity index (χ4v) is 3.63. The Morgan fingerprint density at radius 2 is 1.90 bits per heavy atom. The monoisotopic (exact) mass is 319 g/mol. The number of carbonyl (C=O) groups is 1. The summed E-state index contributed by atoms with van der Waals surface area (Å²) in [6.07, 6.45) is 0. The van der Waals surface area contributed by atoms with E-state index in [-0.39, 0.29) is 9.92 Å². The Balaban J connectivity index is 3.20. The Kier molecular flexibility index (Phi) is 4.84. The molecular formula is C13H18ClNO4S. The molecule has 1 aromatic carbocycles. The minimum absolute atomic E-state index is 0.0653. The molecule has 0 aromatic heterocycles. The van der Waals surface area contributed by atoms with Gasteiger partial charge in [0.05, 0.1) is 5.02 Å². The van der Waals surface area contributed by atoms with Crippen LogP contribution in [0.1, 0.15) is 26.3 Å². The van der Waals surface area contributed by atoms with Crippen molar-refractivity contribution >= 4 is 27.6 Å². The first-order valence-electron chi connectivity index (χ1n) is 5.96. The summed E-state index contributed by atoms with van der Waals surface area (Å²) < 4.78 is 26.7. The van der Waals surface area contributed by atoms with Gasteiger partial charge in [0.15, 0.2) is 0 Å². The number of benzene rings is 1. The highest BCUT2D eigenvalue weighted by atomic mass is 35.5. The summed E-state index contributed by atoms with van der Waals surface area (Å²) in [4.78, 5) is 11.1. The molecule has 0 spiro atoms. The van der Waals surface area contributed by atoms with Crippen LogP contribution in [0.3, 0.4) is 0 Å². The van der Waals surface area contributed by atoms with Crippen molar-refractivity contribution in [2.75, 3.05) is 0 Å². The Hall–Kier alpha value is -1.11. The first-order chi connectivity index (χ1) is 8.95. The number of sulfonamides is 1. The van der Waals surface area contributed by atoms with Crippen LogP contribution in [0.2, 0.25) is 5.02 Å². The van der Waals surface area contributed by atoms with E-state index in [4.69, 9.17) is 11.6 Å². The lowest BCUT2D eigenvalue weighted by Gasteiger charge is -2.27. The molecule has 20 heavy (non-hydrogen) atoms. The zero-order valence-electron chi connectivity index (χ0n) is 11.8. The Bertz CT molecular complexity index is 620. The third-order valence-electron chi connectivity index (χ3n) is 2.76. The van der Waals surface area contributed by atoms with Gasteiger partial charge in [0.2, 0.25) is 10.0 Å². The van der Waals surface area contributed by atoms with E-state index in [0.29, 0.717) is 0 Å². The van der Waals surface area contributed by atoms with Gasteiger partial charge in [0, 0.05) is 0 Å². The van der Waals surface area contributed by atoms with Crippen LogP contribution in [0.25, 0.3) is 0 Å². The van der Waals surface area contributed by atoms with Gasteiger partial charge >= 0.3 is 5.97 Å². The first-order valence-corrected chi connectivity index (χ1v) is 7.82. The molecule has 7 heteroatoms. The molecule has 0 saturated heterocycles. The van der Waals surface area contributed by atoms with Crippen LogP contribution in [0, 0.1) is 12.3 Å². The largest absolute Gasteiger partial charge is 0.480 e. The second-order valence-corrected chi connectivity index (χ2v) is 7.78. The maximum Gasteiger partial charge on any atom is 0.322 e. The quantitative estimate of drug-likeness (QED) is 0.892. The van der Waals surface area contributed by atoms with E-state index < -0.39 is 27.4 Å². The van der Waals surface area contributed by atoms with Crippen molar-refractivity contribution in [3.63, 3.8) is 0 Å². The number of carboxylic acid groups (broad SMARTS) is 1. The number of aliphatic carboxylic acids is 1. The molecule has 0 amide bonds. The molecule has 0 unspecified atom stereocenters. The fourth-order valence-electron chi connectivity index (χ4n) is 1.64. The topological polar surface area (TPSA) is 83.5 Å². The van der Waals surface area contributed by atoms with E-state index in [0.717, 1.165) is 5.56 Å². The van der Waals surface area contributed by atoms with E-state index in [9.17, 15) is 18.3 Å². The SMILES string of the molecule is Cc1ccc(S(=O)(=O)N[C@@H](C(=O)O)C(C)(C)C)c(Cl)c1. The van der Waals surface area contributed by atoms with Crippen molar-refractivity contribution in [1.82, 2.24) is 4.72 Å². The van der Waals surface area contributed by atoms with Gasteiger partial charge < -0.3 is 5.11 Å². The molecule has 0 aliphatic heterocycles. The van der Waals surface area contributed by atoms with Crippen molar-refractivity contribution < 1.29 is 18.3 Å². The predicted octanol–water partition coefficient (Wildman–Crippen LogP) is 2.43. The molecule has 0 fully saturated rings. The lowest BCUT2D eigenvalue weighted by molar-refractivity contribution is -0.141. The molecule has 0 saturated carbocycles. The molecule has 0 bridgehead atoms. The summed E-state index contributed by atoms with van der Waals surface area (Å²) in [5.74, 6) is -1.23. The van der Waals surface area contributed by atoms with E-state index >= 15 is 0 Å². The van der Waals surface area contributed by atoms with E-state index in [1.807, 2.05) is 0 Å². The lowest BCUT2D eigenvalue weighted by atomic mass is 9.88.